The summed E-state index contributed by atoms with van der Waals surface area (Å²) >= 11 is 5.92. The highest BCUT2D eigenvalue weighted by atomic mass is 35.5. The lowest BCUT2D eigenvalue weighted by molar-refractivity contribution is -0.127. The largest absolute Gasteiger partial charge is 0.480 e. The van der Waals surface area contributed by atoms with Gasteiger partial charge in [-0.15, -0.1) is 12.4 Å². The van der Waals surface area contributed by atoms with E-state index < -0.39 is 6.10 Å². The number of nitrogens with one attached hydrogen (secondary N) is 2. The zero-order valence-corrected chi connectivity index (χ0v) is 13.4. The fraction of sp³-hybridized carbons (Fsp3) is 0.500. The topological polar surface area (TPSA) is 59.6 Å². The van der Waals surface area contributed by atoms with Crippen LogP contribution in [0.4, 0.5) is 0 Å². The van der Waals surface area contributed by atoms with Crippen LogP contribution in [0.5, 0.6) is 5.75 Å². The summed E-state index contributed by atoms with van der Waals surface area (Å²) in [6.45, 7) is 2.71. The minimum Gasteiger partial charge on any atom is -0.480 e. The van der Waals surface area contributed by atoms with Crippen LogP contribution in [-0.4, -0.2) is 45.4 Å². The fourth-order valence-electron chi connectivity index (χ4n) is 2.05. The first kappa shape index (κ1) is 18.0. The van der Waals surface area contributed by atoms with Crippen molar-refractivity contribution in [1.29, 1.82) is 0 Å². The molecule has 1 aromatic carbocycles. The van der Waals surface area contributed by atoms with Gasteiger partial charge in [-0.05, 0) is 23.8 Å². The van der Waals surface area contributed by atoms with Crippen LogP contribution in [-0.2, 0) is 16.0 Å². The molecule has 0 aliphatic carbocycles. The highest BCUT2D eigenvalue weighted by Crippen LogP contribution is 2.30. The summed E-state index contributed by atoms with van der Waals surface area (Å²) in [4.78, 5) is 12.0. The number of carbonyl (C=O) groups is 1. The molecule has 0 saturated carbocycles. The molecule has 1 aromatic rings. The number of amides is 1. The molecule has 1 aliphatic heterocycles. The van der Waals surface area contributed by atoms with Crippen molar-refractivity contribution < 1.29 is 14.3 Å². The number of fused-ring (bicyclic) bond motifs is 1. The molecule has 0 fully saturated rings. The Bertz CT molecular complexity index is 472. The Morgan fingerprint density at radius 3 is 3.00 bits per heavy atom. The maximum atomic E-state index is 12.0. The second-order valence-electron chi connectivity index (χ2n) is 4.60. The molecule has 1 unspecified atom stereocenters. The molecule has 1 amide bonds. The van der Waals surface area contributed by atoms with Crippen LogP contribution in [0.15, 0.2) is 18.2 Å². The van der Waals surface area contributed by atoms with E-state index in [0.717, 1.165) is 17.9 Å². The fourth-order valence-corrected chi connectivity index (χ4v) is 2.25. The van der Waals surface area contributed by atoms with Gasteiger partial charge >= 0.3 is 0 Å². The highest BCUT2D eigenvalue weighted by molar-refractivity contribution is 6.30. The average Bonchev–Trinajstić information content (AvgIpc) is 2.85. The maximum Gasteiger partial charge on any atom is 0.261 e. The third-order valence-corrected chi connectivity index (χ3v) is 3.31. The summed E-state index contributed by atoms with van der Waals surface area (Å²) in [6.07, 6.45) is 0.112. The number of halogens is 2. The molecule has 7 heteroatoms. The summed E-state index contributed by atoms with van der Waals surface area (Å²) in [5, 5.41) is 6.67. The van der Waals surface area contributed by atoms with Gasteiger partial charge in [-0.2, -0.15) is 0 Å². The van der Waals surface area contributed by atoms with Gasteiger partial charge in [0.25, 0.3) is 5.91 Å². The van der Waals surface area contributed by atoms with Crippen LogP contribution in [0.25, 0.3) is 0 Å². The van der Waals surface area contributed by atoms with Gasteiger partial charge < -0.3 is 20.1 Å². The first-order valence-electron chi connectivity index (χ1n) is 6.63. The molecule has 5 nitrogen and oxygen atoms in total. The van der Waals surface area contributed by atoms with Gasteiger partial charge in [-0.1, -0.05) is 11.6 Å². The van der Waals surface area contributed by atoms with Crippen molar-refractivity contribution in [2.24, 2.45) is 0 Å². The summed E-state index contributed by atoms with van der Waals surface area (Å²) in [5.41, 5.74) is 0.982. The SMILES string of the molecule is COCCNCCNC(=O)C1Cc2cc(Cl)ccc2O1.Cl. The lowest BCUT2D eigenvalue weighted by Crippen LogP contribution is -2.40. The molecule has 0 radical (unpaired) electrons. The number of benzene rings is 1. The third-order valence-electron chi connectivity index (χ3n) is 3.07. The van der Waals surface area contributed by atoms with E-state index >= 15 is 0 Å². The molecule has 0 spiro atoms. The van der Waals surface area contributed by atoms with Crippen LogP contribution < -0.4 is 15.4 Å². The Morgan fingerprint density at radius 2 is 2.24 bits per heavy atom. The van der Waals surface area contributed by atoms with E-state index in [2.05, 4.69) is 10.6 Å². The zero-order valence-electron chi connectivity index (χ0n) is 11.9. The van der Waals surface area contributed by atoms with Crippen molar-refractivity contribution >= 4 is 29.9 Å². The molecule has 2 rings (SSSR count). The second kappa shape index (κ2) is 9.10. The van der Waals surface area contributed by atoms with Crippen molar-refractivity contribution in [2.45, 2.75) is 12.5 Å². The summed E-state index contributed by atoms with van der Waals surface area (Å²) in [6, 6.07) is 5.41. The Hall–Kier alpha value is -1.01. The van der Waals surface area contributed by atoms with E-state index in [4.69, 9.17) is 21.1 Å². The lowest BCUT2D eigenvalue weighted by Gasteiger charge is -2.11. The van der Waals surface area contributed by atoms with Gasteiger partial charge in [0.15, 0.2) is 6.10 Å². The van der Waals surface area contributed by atoms with Gasteiger partial charge in [0.2, 0.25) is 0 Å². The van der Waals surface area contributed by atoms with Gasteiger partial charge in [0.1, 0.15) is 5.75 Å². The van der Waals surface area contributed by atoms with Crippen molar-refractivity contribution in [2.75, 3.05) is 33.4 Å². The smallest absolute Gasteiger partial charge is 0.261 e. The van der Waals surface area contributed by atoms with E-state index in [1.165, 1.54) is 0 Å². The second-order valence-corrected chi connectivity index (χ2v) is 5.03. The van der Waals surface area contributed by atoms with E-state index in [0.29, 0.717) is 31.1 Å². The molecule has 21 heavy (non-hydrogen) atoms. The number of hydrogen-bond donors (Lipinski definition) is 2. The summed E-state index contributed by atoms with van der Waals surface area (Å²) < 4.78 is 10.5. The van der Waals surface area contributed by atoms with Crippen molar-refractivity contribution in [3.63, 3.8) is 0 Å². The first-order chi connectivity index (χ1) is 9.70. The molecule has 0 saturated heterocycles. The molecule has 0 aromatic heterocycles. The van der Waals surface area contributed by atoms with Gasteiger partial charge in [-0.25, -0.2) is 0 Å². The Balaban J connectivity index is 0.00000220. The number of rotatable bonds is 7. The van der Waals surface area contributed by atoms with E-state index in [1.54, 1.807) is 19.2 Å². The van der Waals surface area contributed by atoms with E-state index in [-0.39, 0.29) is 18.3 Å². The molecule has 118 valence electrons. The first-order valence-corrected chi connectivity index (χ1v) is 7.01. The number of hydrogen-bond acceptors (Lipinski definition) is 4. The Morgan fingerprint density at radius 1 is 1.43 bits per heavy atom. The van der Waals surface area contributed by atoms with Gasteiger partial charge in [0.05, 0.1) is 6.61 Å². The molecular formula is C14H20Cl2N2O3. The molecular weight excluding hydrogens is 315 g/mol. The number of carbonyl (C=O) groups excluding carboxylic acids is 1. The highest BCUT2D eigenvalue weighted by Gasteiger charge is 2.28. The lowest BCUT2D eigenvalue weighted by atomic mass is 10.1. The average molecular weight is 335 g/mol. The van der Waals surface area contributed by atoms with Crippen LogP contribution in [0.3, 0.4) is 0 Å². The quantitative estimate of drug-likeness (QED) is 0.740. The molecule has 2 N–H and O–H groups in total. The van der Waals surface area contributed by atoms with E-state index in [9.17, 15) is 4.79 Å². The minimum absolute atomic E-state index is 0. The Labute approximate surface area is 135 Å². The van der Waals surface area contributed by atoms with Crippen molar-refractivity contribution in [1.82, 2.24) is 10.6 Å². The molecule has 1 atom stereocenters. The predicted molar refractivity (Wildman–Crippen MR) is 84.6 cm³/mol. The van der Waals surface area contributed by atoms with Crippen LogP contribution in [0, 0.1) is 0 Å². The number of methoxy groups -OCH3 is 1. The predicted octanol–water partition coefficient (Wildman–Crippen LogP) is 1.42. The Kier molecular flexibility index (Phi) is 7.82. The summed E-state index contributed by atoms with van der Waals surface area (Å²) in [7, 11) is 1.66. The normalized spacial score (nSPS) is 15.8. The molecule has 1 heterocycles. The van der Waals surface area contributed by atoms with Crippen molar-refractivity contribution in [3.8, 4) is 5.75 Å². The number of ether oxygens (including phenoxy) is 2. The van der Waals surface area contributed by atoms with Crippen LogP contribution >= 0.6 is 24.0 Å². The van der Waals surface area contributed by atoms with Crippen molar-refractivity contribution in [3.05, 3.63) is 28.8 Å². The minimum atomic E-state index is -0.456. The van der Waals surface area contributed by atoms with Gasteiger partial charge in [-0.3, -0.25) is 4.79 Å². The maximum absolute atomic E-state index is 12.0. The van der Waals surface area contributed by atoms with Crippen LogP contribution in [0.1, 0.15) is 5.56 Å². The molecule has 1 aliphatic rings. The van der Waals surface area contributed by atoms with Crippen LogP contribution in [0.2, 0.25) is 5.02 Å². The third kappa shape index (κ3) is 5.36. The molecule has 0 bridgehead atoms. The zero-order chi connectivity index (χ0) is 14.4. The standard InChI is InChI=1S/C14H19ClN2O3.ClH/c1-19-7-6-16-4-5-17-14(18)13-9-10-8-11(15)2-3-12(10)20-13;/h2-3,8,13,16H,4-7,9H2,1H3,(H,17,18);1H. The van der Waals surface area contributed by atoms with E-state index in [1.807, 2.05) is 6.07 Å². The summed E-state index contributed by atoms with van der Waals surface area (Å²) in [5.74, 6) is 0.652. The monoisotopic (exact) mass is 334 g/mol. The van der Waals surface area contributed by atoms with Gasteiger partial charge in [0, 0.05) is 38.2 Å².